The average molecular weight is 359 g/mol. The number of ether oxygens (including phenoxy) is 1. The molecular weight excluding hydrogens is 334 g/mol. The Morgan fingerprint density at radius 3 is 2.46 bits per heavy atom. The molecule has 7 heteroatoms. The first-order valence-electron chi connectivity index (χ1n) is 8.67. The molecule has 1 aliphatic heterocycles. The van der Waals surface area contributed by atoms with E-state index in [1.54, 1.807) is 26.8 Å². The predicted octanol–water partition coefficient (Wildman–Crippen LogP) is 2.85. The number of nitrogens with zero attached hydrogens (tertiary/aromatic N) is 3. The van der Waals surface area contributed by atoms with Crippen molar-refractivity contribution in [2.24, 2.45) is 0 Å². The maximum atomic E-state index is 12.4. The van der Waals surface area contributed by atoms with Crippen LogP contribution >= 0.6 is 0 Å². The second-order valence-corrected chi connectivity index (χ2v) is 7.35. The van der Waals surface area contributed by atoms with E-state index in [0.717, 1.165) is 5.69 Å². The Bertz CT molecular complexity index is 697. The predicted molar refractivity (Wildman–Crippen MR) is 97.0 cm³/mol. The molecule has 1 aliphatic rings. The van der Waals surface area contributed by atoms with Crippen LogP contribution in [-0.4, -0.2) is 53.3 Å². The molecular formula is C19H25N3O4. The fraction of sp³-hybridized carbons (Fsp3) is 0.526. The second-order valence-electron chi connectivity index (χ2n) is 7.35. The third kappa shape index (κ3) is 5.12. The first-order valence-corrected chi connectivity index (χ1v) is 8.67. The van der Waals surface area contributed by atoms with Gasteiger partial charge in [-0.1, -0.05) is 12.1 Å². The molecule has 2 rings (SSSR count). The maximum absolute atomic E-state index is 12.4. The van der Waals surface area contributed by atoms with E-state index < -0.39 is 17.7 Å². The SMILES string of the molecule is CC(C)(C)OC(=O)N(CC(=O)O)C1CCN(c2ccccc2C#N)CC1. The van der Waals surface area contributed by atoms with Gasteiger partial charge in [-0.3, -0.25) is 9.69 Å². The molecule has 0 spiro atoms. The summed E-state index contributed by atoms with van der Waals surface area (Å²) in [6, 6.07) is 9.39. The quantitative estimate of drug-likeness (QED) is 0.888. The van der Waals surface area contributed by atoms with Gasteiger partial charge in [0, 0.05) is 19.1 Å². The molecule has 0 radical (unpaired) electrons. The van der Waals surface area contributed by atoms with Crippen molar-refractivity contribution in [3.63, 3.8) is 0 Å². The highest BCUT2D eigenvalue weighted by molar-refractivity contribution is 5.77. The van der Waals surface area contributed by atoms with Gasteiger partial charge in [-0.25, -0.2) is 4.79 Å². The zero-order valence-electron chi connectivity index (χ0n) is 15.4. The average Bonchev–Trinajstić information content (AvgIpc) is 2.58. The van der Waals surface area contributed by atoms with Gasteiger partial charge in [-0.15, -0.1) is 0 Å². The van der Waals surface area contributed by atoms with E-state index in [0.29, 0.717) is 31.5 Å². The molecule has 26 heavy (non-hydrogen) atoms. The van der Waals surface area contributed by atoms with E-state index in [4.69, 9.17) is 9.84 Å². The van der Waals surface area contributed by atoms with Crippen molar-refractivity contribution in [2.75, 3.05) is 24.5 Å². The van der Waals surface area contributed by atoms with E-state index in [-0.39, 0.29) is 12.6 Å². The molecule has 1 aromatic rings. The molecule has 140 valence electrons. The molecule has 0 saturated carbocycles. The molecule has 0 aliphatic carbocycles. The summed E-state index contributed by atoms with van der Waals surface area (Å²) in [5.41, 5.74) is 0.802. The number of carbonyl (C=O) groups excluding carboxylic acids is 1. The molecule has 1 aromatic carbocycles. The van der Waals surface area contributed by atoms with Crippen LogP contribution in [0.4, 0.5) is 10.5 Å². The first kappa shape index (κ1) is 19.6. The molecule has 1 N–H and O–H groups in total. The lowest BCUT2D eigenvalue weighted by atomic mass is 10.0. The van der Waals surface area contributed by atoms with Crippen LogP contribution in [0.3, 0.4) is 0 Å². The molecule has 0 bridgehead atoms. The van der Waals surface area contributed by atoms with Crippen LogP contribution in [0.5, 0.6) is 0 Å². The van der Waals surface area contributed by atoms with Crippen LogP contribution < -0.4 is 4.90 Å². The van der Waals surface area contributed by atoms with Gasteiger partial charge in [0.25, 0.3) is 0 Å². The van der Waals surface area contributed by atoms with Gasteiger partial charge in [0.15, 0.2) is 0 Å². The monoisotopic (exact) mass is 359 g/mol. The number of carbonyl (C=O) groups is 2. The normalized spacial score (nSPS) is 15.2. The van der Waals surface area contributed by atoms with Crippen LogP contribution in [0.15, 0.2) is 24.3 Å². The first-order chi connectivity index (χ1) is 12.2. The van der Waals surface area contributed by atoms with Crippen LogP contribution in [0.1, 0.15) is 39.2 Å². The topological polar surface area (TPSA) is 93.9 Å². The smallest absolute Gasteiger partial charge is 0.411 e. The lowest BCUT2D eigenvalue weighted by Crippen LogP contribution is -2.50. The summed E-state index contributed by atoms with van der Waals surface area (Å²) in [5.74, 6) is -1.06. The number of nitriles is 1. The molecule has 7 nitrogen and oxygen atoms in total. The number of amides is 1. The fourth-order valence-electron chi connectivity index (χ4n) is 3.07. The maximum Gasteiger partial charge on any atom is 0.411 e. The van der Waals surface area contributed by atoms with Gasteiger partial charge in [0.1, 0.15) is 18.2 Å². The molecule has 1 fully saturated rings. The van der Waals surface area contributed by atoms with Crippen LogP contribution in [-0.2, 0) is 9.53 Å². The van der Waals surface area contributed by atoms with Crippen molar-refractivity contribution >= 4 is 17.7 Å². The fourth-order valence-corrected chi connectivity index (χ4v) is 3.07. The third-order valence-corrected chi connectivity index (χ3v) is 4.20. The Kier molecular flexibility index (Phi) is 6.09. The number of carboxylic acid groups (broad SMARTS) is 1. The van der Waals surface area contributed by atoms with Gasteiger partial charge in [-0.2, -0.15) is 5.26 Å². The minimum absolute atomic E-state index is 0.202. The number of anilines is 1. The number of hydrogen-bond acceptors (Lipinski definition) is 5. The van der Waals surface area contributed by atoms with E-state index in [1.807, 2.05) is 18.2 Å². The highest BCUT2D eigenvalue weighted by atomic mass is 16.6. The van der Waals surface area contributed by atoms with Gasteiger partial charge < -0.3 is 14.7 Å². The minimum atomic E-state index is -1.06. The zero-order chi connectivity index (χ0) is 19.3. The molecule has 0 aromatic heterocycles. The lowest BCUT2D eigenvalue weighted by Gasteiger charge is -2.39. The van der Waals surface area contributed by atoms with E-state index in [2.05, 4.69) is 11.0 Å². The Hall–Kier alpha value is -2.75. The summed E-state index contributed by atoms with van der Waals surface area (Å²) in [6.07, 6.45) is 0.634. The summed E-state index contributed by atoms with van der Waals surface area (Å²) >= 11 is 0. The number of para-hydroxylation sites is 1. The third-order valence-electron chi connectivity index (χ3n) is 4.20. The molecule has 1 heterocycles. The molecule has 1 saturated heterocycles. The summed E-state index contributed by atoms with van der Waals surface area (Å²) in [5, 5.41) is 18.4. The van der Waals surface area contributed by atoms with Crippen molar-refractivity contribution in [2.45, 2.75) is 45.3 Å². The van der Waals surface area contributed by atoms with Crippen LogP contribution in [0, 0.1) is 11.3 Å². The van der Waals surface area contributed by atoms with E-state index in [9.17, 15) is 14.9 Å². The number of carboxylic acids is 1. The zero-order valence-corrected chi connectivity index (χ0v) is 15.4. The Labute approximate surface area is 153 Å². The standard InChI is InChI=1S/C19H25N3O4/c1-19(2,3)26-18(25)22(13-17(23)24)15-8-10-21(11-9-15)16-7-5-4-6-14(16)12-20/h4-7,15H,8-11,13H2,1-3H3,(H,23,24). The Morgan fingerprint density at radius 2 is 1.92 bits per heavy atom. The number of aliphatic carboxylic acids is 1. The number of piperidine rings is 1. The Balaban J connectivity index is 2.08. The van der Waals surface area contributed by atoms with E-state index >= 15 is 0 Å². The number of benzene rings is 1. The van der Waals surface area contributed by atoms with Crippen molar-refractivity contribution in [3.8, 4) is 6.07 Å². The lowest BCUT2D eigenvalue weighted by molar-refractivity contribution is -0.139. The number of rotatable bonds is 4. The summed E-state index contributed by atoms with van der Waals surface area (Å²) in [7, 11) is 0. The number of hydrogen-bond donors (Lipinski definition) is 1. The highest BCUT2D eigenvalue weighted by Crippen LogP contribution is 2.26. The van der Waals surface area contributed by atoms with Gasteiger partial charge in [-0.05, 0) is 45.7 Å². The van der Waals surface area contributed by atoms with Crippen LogP contribution in [0.2, 0.25) is 0 Å². The van der Waals surface area contributed by atoms with Gasteiger partial charge in [0.2, 0.25) is 0 Å². The molecule has 1 amide bonds. The van der Waals surface area contributed by atoms with Crippen molar-refractivity contribution in [1.82, 2.24) is 4.90 Å². The van der Waals surface area contributed by atoms with Crippen molar-refractivity contribution < 1.29 is 19.4 Å². The van der Waals surface area contributed by atoms with Gasteiger partial charge in [0.05, 0.1) is 11.3 Å². The highest BCUT2D eigenvalue weighted by Gasteiger charge is 2.32. The minimum Gasteiger partial charge on any atom is -0.480 e. The summed E-state index contributed by atoms with van der Waals surface area (Å²) in [6.45, 7) is 6.17. The largest absolute Gasteiger partial charge is 0.480 e. The summed E-state index contributed by atoms with van der Waals surface area (Å²) < 4.78 is 5.37. The summed E-state index contributed by atoms with van der Waals surface area (Å²) in [4.78, 5) is 27.0. The van der Waals surface area contributed by atoms with Crippen molar-refractivity contribution in [1.29, 1.82) is 5.26 Å². The van der Waals surface area contributed by atoms with Crippen molar-refractivity contribution in [3.05, 3.63) is 29.8 Å². The van der Waals surface area contributed by atoms with Crippen LogP contribution in [0.25, 0.3) is 0 Å². The molecule has 0 atom stereocenters. The molecule has 0 unspecified atom stereocenters. The van der Waals surface area contributed by atoms with E-state index in [1.165, 1.54) is 4.90 Å². The van der Waals surface area contributed by atoms with Gasteiger partial charge >= 0.3 is 12.1 Å². The second kappa shape index (κ2) is 8.09. The Morgan fingerprint density at radius 1 is 1.31 bits per heavy atom.